The molecule has 0 saturated carbocycles. The van der Waals surface area contributed by atoms with Gasteiger partial charge in [-0.1, -0.05) is 230 Å². The summed E-state index contributed by atoms with van der Waals surface area (Å²) in [7, 11) is 0. The smallest absolute Gasteiger partial charge is 0.220 e. The lowest BCUT2D eigenvalue weighted by molar-refractivity contribution is -0.124. The van der Waals surface area contributed by atoms with E-state index in [-0.39, 0.29) is 12.5 Å². The third-order valence-electron chi connectivity index (χ3n) is 12.2. The second-order valence-corrected chi connectivity index (χ2v) is 18.1. The first kappa shape index (κ1) is 57.6. The molecule has 0 bridgehead atoms. The van der Waals surface area contributed by atoms with Gasteiger partial charge < -0.3 is 20.6 Å². The molecule has 0 aliphatic rings. The largest absolute Gasteiger partial charge is 0.394 e. The molecule has 0 aliphatic carbocycles. The molecule has 0 spiro atoms. The highest BCUT2D eigenvalue weighted by Gasteiger charge is 2.26. The van der Waals surface area contributed by atoms with E-state index in [1.165, 1.54) is 205 Å². The fraction of sp³-hybridized carbons (Fsp3) is 0.870. The number of nitrogens with one attached hydrogen (secondary N) is 1. The van der Waals surface area contributed by atoms with Crippen LogP contribution in [0.25, 0.3) is 0 Å². The predicted molar refractivity (Wildman–Crippen MR) is 259 cm³/mol. The van der Waals surface area contributed by atoms with Crippen LogP contribution in [0.3, 0.4) is 0 Å². The number of hydrogen-bond donors (Lipinski definition) is 4. The van der Waals surface area contributed by atoms with E-state index in [2.05, 4.69) is 55.6 Å². The van der Waals surface area contributed by atoms with Crippen LogP contribution in [0.2, 0.25) is 0 Å². The van der Waals surface area contributed by atoms with Gasteiger partial charge in [-0.3, -0.25) is 4.79 Å². The van der Waals surface area contributed by atoms with Gasteiger partial charge in [0, 0.05) is 6.42 Å². The zero-order chi connectivity index (χ0) is 43.0. The molecule has 0 radical (unpaired) electrons. The molecule has 5 nitrogen and oxygen atoms in total. The van der Waals surface area contributed by atoms with Crippen molar-refractivity contribution in [2.45, 2.75) is 295 Å². The first-order chi connectivity index (χ1) is 29.1. The monoisotopic (exact) mass is 830 g/mol. The van der Waals surface area contributed by atoms with Crippen molar-refractivity contribution >= 4 is 5.91 Å². The molecule has 348 valence electrons. The van der Waals surface area contributed by atoms with E-state index in [1.54, 1.807) is 0 Å². The Hall–Kier alpha value is -1.43. The lowest BCUT2D eigenvalue weighted by Gasteiger charge is -2.26. The fourth-order valence-electron chi connectivity index (χ4n) is 8.12. The molecule has 0 fully saturated rings. The van der Waals surface area contributed by atoms with Gasteiger partial charge in [0.1, 0.15) is 6.10 Å². The van der Waals surface area contributed by atoms with E-state index in [4.69, 9.17) is 0 Å². The fourth-order valence-corrected chi connectivity index (χ4v) is 8.12. The van der Waals surface area contributed by atoms with Gasteiger partial charge in [-0.2, -0.15) is 0 Å². The molecular weight excluding hydrogens is 727 g/mol. The average molecular weight is 830 g/mol. The van der Waals surface area contributed by atoms with E-state index < -0.39 is 18.2 Å². The molecule has 0 rings (SSSR count). The molecular formula is C54H103NO4. The molecule has 1 amide bonds. The van der Waals surface area contributed by atoms with Crippen molar-refractivity contribution in [2.24, 2.45) is 0 Å². The van der Waals surface area contributed by atoms with Crippen molar-refractivity contribution in [1.29, 1.82) is 0 Å². The van der Waals surface area contributed by atoms with Crippen LogP contribution in [-0.2, 0) is 4.79 Å². The lowest BCUT2D eigenvalue weighted by Crippen LogP contribution is -2.50. The molecule has 0 aromatic rings. The summed E-state index contributed by atoms with van der Waals surface area (Å²) in [6, 6.07) is -0.831. The number of hydrogen-bond acceptors (Lipinski definition) is 4. The van der Waals surface area contributed by atoms with Crippen LogP contribution < -0.4 is 5.32 Å². The van der Waals surface area contributed by atoms with Crippen molar-refractivity contribution in [3.05, 3.63) is 36.5 Å². The van der Waals surface area contributed by atoms with Gasteiger partial charge >= 0.3 is 0 Å². The zero-order valence-electron chi connectivity index (χ0n) is 39.6. The van der Waals surface area contributed by atoms with Crippen LogP contribution in [-0.4, -0.2) is 46.1 Å². The average Bonchev–Trinajstić information content (AvgIpc) is 3.24. The summed E-state index contributed by atoms with van der Waals surface area (Å²) in [6.45, 7) is 4.16. The number of carbonyl (C=O) groups excluding carboxylic acids is 1. The molecule has 0 aliphatic heterocycles. The van der Waals surface area contributed by atoms with Crippen LogP contribution >= 0.6 is 0 Å². The molecule has 59 heavy (non-hydrogen) atoms. The number of rotatable bonds is 48. The molecule has 0 aromatic carbocycles. The van der Waals surface area contributed by atoms with Crippen molar-refractivity contribution in [3.8, 4) is 0 Å². The van der Waals surface area contributed by atoms with Gasteiger partial charge in [0.15, 0.2) is 0 Å². The third kappa shape index (κ3) is 44.4. The molecule has 0 aromatic heterocycles. The number of unbranched alkanes of at least 4 members (excludes halogenated alkanes) is 34. The van der Waals surface area contributed by atoms with E-state index in [0.29, 0.717) is 12.8 Å². The summed E-state index contributed by atoms with van der Waals surface area (Å²) in [5.74, 6) is -0.156. The molecule has 0 heterocycles. The second kappa shape index (κ2) is 49.2. The van der Waals surface area contributed by atoms with Gasteiger partial charge in [0.25, 0.3) is 0 Å². The van der Waals surface area contributed by atoms with Crippen molar-refractivity contribution in [2.75, 3.05) is 6.61 Å². The summed E-state index contributed by atoms with van der Waals surface area (Å²) in [5.41, 5.74) is 0. The maximum Gasteiger partial charge on any atom is 0.220 e. The highest BCUT2D eigenvalue weighted by atomic mass is 16.3. The Balaban J connectivity index is 3.53. The maximum atomic E-state index is 12.5. The van der Waals surface area contributed by atoms with Crippen LogP contribution in [0, 0.1) is 0 Å². The third-order valence-corrected chi connectivity index (χ3v) is 12.2. The van der Waals surface area contributed by atoms with Crippen LogP contribution in [0.4, 0.5) is 0 Å². The summed E-state index contributed by atoms with van der Waals surface area (Å²) >= 11 is 0. The lowest BCUT2D eigenvalue weighted by atomic mass is 10.0. The minimum absolute atomic E-state index is 0.156. The quantitative estimate of drug-likeness (QED) is 0.0363. The van der Waals surface area contributed by atoms with Crippen LogP contribution in [0.15, 0.2) is 36.5 Å². The van der Waals surface area contributed by atoms with Gasteiger partial charge in [-0.05, 0) is 77.0 Å². The second-order valence-electron chi connectivity index (χ2n) is 18.1. The number of aliphatic hydroxyl groups is 3. The van der Waals surface area contributed by atoms with Crippen molar-refractivity contribution in [1.82, 2.24) is 5.32 Å². The molecule has 4 N–H and O–H groups in total. The maximum absolute atomic E-state index is 12.5. The summed E-state index contributed by atoms with van der Waals surface area (Å²) in [5, 5.41) is 33.6. The summed E-state index contributed by atoms with van der Waals surface area (Å²) in [6.07, 6.45) is 63.0. The number of aliphatic hydroxyl groups excluding tert-OH is 3. The SMILES string of the molecule is CCCCCCC/C=C/CC/C=C/CCCC(O)C(O)C(CO)NC(=O)CCCCCCCCCCCCCCCCC/C=C\CCCCCCCCCCCCCC. The first-order valence-corrected chi connectivity index (χ1v) is 26.3. The highest BCUT2D eigenvalue weighted by Crippen LogP contribution is 2.16. The minimum atomic E-state index is -1.17. The highest BCUT2D eigenvalue weighted by molar-refractivity contribution is 5.76. The topological polar surface area (TPSA) is 89.8 Å². The Kier molecular flexibility index (Phi) is 48.0. The number of allylic oxidation sites excluding steroid dienone is 6. The standard InChI is InChI=1S/C54H103NO4/c1-3-5-7-9-11-13-15-17-19-20-21-22-23-24-25-26-27-28-29-30-31-32-33-34-35-37-39-41-43-45-47-49-53(58)55-51(50-56)54(59)52(57)48-46-44-42-40-38-36-18-16-14-12-10-8-6-4-2/h16,18,24-25,40,42,51-52,54,56-57,59H,3-15,17,19-23,26-39,41,43-50H2,1-2H3,(H,55,58)/b18-16+,25-24-,42-40+. The predicted octanol–water partition coefficient (Wildman–Crippen LogP) is 15.9. The van der Waals surface area contributed by atoms with Gasteiger partial charge in [-0.15, -0.1) is 0 Å². The minimum Gasteiger partial charge on any atom is -0.394 e. The Bertz CT molecular complexity index is 916. The van der Waals surface area contributed by atoms with E-state index in [9.17, 15) is 20.1 Å². The zero-order valence-corrected chi connectivity index (χ0v) is 39.6. The first-order valence-electron chi connectivity index (χ1n) is 26.3. The normalized spacial score (nSPS) is 13.6. The molecule has 5 heteroatoms. The van der Waals surface area contributed by atoms with Crippen LogP contribution in [0.5, 0.6) is 0 Å². The van der Waals surface area contributed by atoms with Gasteiger partial charge in [0.2, 0.25) is 5.91 Å². The number of amides is 1. The van der Waals surface area contributed by atoms with Gasteiger partial charge in [0.05, 0.1) is 18.8 Å². The Morgan fingerprint density at radius 3 is 1.03 bits per heavy atom. The van der Waals surface area contributed by atoms with E-state index >= 15 is 0 Å². The van der Waals surface area contributed by atoms with Crippen molar-refractivity contribution in [3.63, 3.8) is 0 Å². The van der Waals surface area contributed by atoms with E-state index in [1.807, 2.05) is 0 Å². The van der Waals surface area contributed by atoms with Crippen LogP contribution in [0.1, 0.15) is 277 Å². The number of carbonyl (C=O) groups is 1. The van der Waals surface area contributed by atoms with Gasteiger partial charge in [-0.25, -0.2) is 0 Å². The molecule has 0 saturated heterocycles. The Labute approximate surface area is 368 Å². The summed E-state index contributed by atoms with van der Waals surface area (Å²) < 4.78 is 0. The molecule has 3 atom stereocenters. The summed E-state index contributed by atoms with van der Waals surface area (Å²) in [4.78, 5) is 12.5. The van der Waals surface area contributed by atoms with E-state index in [0.717, 1.165) is 44.9 Å². The Morgan fingerprint density at radius 1 is 0.407 bits per heavy atom. The Morgan fingerprint density at radius 2 is 0.695 bits per heavy atom. The van der Waals surface area contributed by atoms with Crippen molar-refractivity contribution < 1.29 is 20.1 Å². The molecule has 3 unspecified atom stereocenters.